The third-order valence-corrected chi connectivity index (χ3v) is 6.16. The van der Waals surface area contributed by atoms with E-state index in [1.165, 1.54) is 0 Å². The molecule has 0 saturated carbocycles. The van der Waals surface area contributed by atoms with E-state index in [1.54, 1.807) is 20.8 Å². The van der Waals surface area contributed by atoms with Crippen LogP contribution in [0, 0.1) is 0 Å². The van der Waals surface area contributed by atoms with Crippen LogP contribution in [0.3, 0.4) is 0 Å². The second-order valence-corrected chi connectivity index (χ2v) is 9.14. The first-order valence-corrected chi connectivity index (χ1v) is 12.6. The minimum atomic E-state index is -1.62. The largest absolute Gasteiger partial charge is 0.649 e. The van der Waals surface area contributed by atoms with Gasteiger partial charge in [0.25, 0.3) is 17.5 Å². The van der Waals surface area contributed by atoms with Gasteiger partial charge in [-0.15, -0.1) is 30.7 Å². The Bertz CT molecular complexity index is 1390. The summed E-state index contributed by atoms with van der Waals surface area (Å²) in [6.45, 7) is 5.18. The van der Waals surface area contributed by atoms with Gasteiger partial charge < -0.3 is 14.0 Å². The maximum Gasteiger partial charge on any atom is 0.649 e. The molecule has 3 atom stereocenters. The third kappa shape index (κ3) is 4.81. The van der Waals surface area contributed by atoms with Gasteiger partial charge in [0.2, 0.25) is 0 Å². The van der Waals surface area contributed by atoms with E-state index in [-0.39, 0.29) is 0 Å². The van der Waals surface area contributed by atoms with Gasteiger partial charge in [0, 0.05) is 16.7 Å². The van der Waals surface area contributed by atoms with E-state index in [4.69, 9.17) is 14.0 Å². The molecule has 3 aromatic rings. The number of nitrogens with zero attached hydrogens (tertiary/aromatic N) is 9. The number of hydrogen-bond acceptors (Lipinski definition) is 12. The number of rotatable bonds is 9. The second-order valence-electron chi connectivity index (χ2n) is 9.14. The normalized spacial score (nSPS) is 26.6. The molecule has 13 heteroatoms. The quantitative estimate of drug-likeness (QED) is 0.307. The van der Waals surface area contributed by atoms with Crippen LogP contribution in [0.4, 0.5) is 0 Å². The summed E-state index contributed by atoms with van der Waals surface area (Å²) < 4.78 is 19.5. The molecule has 3 aliphatic heterocycles. The Balaban J connectivity index is 1.47. The van der Waals surface area contributed by atoms with E-state index in [2.05, 4.69) is 45.7 Å². The predicted octanol–water partition coefficient (Wildman–Crippen LogP) is 6.11. The fourth-order valence-corrected chi connectivity index (χ4v) is 4.37. The Morgan fingerprint density at radius 3 is 0.950 bits per heavy atom. The van der Waals surface area contributed by atoms with Gasteiger partial charge in [-0.25, -0.2) is 15.0 Å². The third-order valence-electron chi connectivity index (χ3n) is 6.16. The van der Waals surface area contributed by atoms with Crippen LogP contribution in [0.15, 0.2) is 137 Å². The zero-order valence-corrected chi connectivity index (χ0v) is 22.0. The maximum atomic E-state index is 6.51. The van der Waals surface area contributed by atoms with Crippen molar-refractivity contribution in [3.63, 3.8) is 0 Å². The number of azo groups is 3. The van der Waals surface area contributed by atoms with Crippen LogP contribution in [0.25, 0.3) is 0 Å². The monoisotopic (exact) mass is 533 g/mol. The summed E-state index contributed by atoms with van der Waals surface area (Å²) in [4.78, 5) is 13.9. The Hall–Kier alpha value is -4.59. The molecule has 0 saturated heterocycles. The summed E-state index contributed by atoms with van der Waals surface area (Å²) in [7, 11) is -1.56. The van der Waals surface area contributed by atoms with Crippen LogP contribution in [-0.4, -0.2) is 24.8 Å². The molecule has 6 rings (SSSR count). The summed E-state index contributed by atoms with van der Waals surface area (Å²) in [6.07, 6.45) is 0. The van der Waals surface area contributed by atoms with Crippen molar-refractivity contribution in [2.45, 2.75) is 38.3 Å². The summed E-state index contributed by atoms with van der Waals surface area (Å²) in [5.41, 5.74) is 1.82. The molecule has 3 aliphatic rings. The molecular formula is C27H24BN9O3. The first-order valence-electron chi connectivity index (χ1n) is 12.6. The van der Waals surface area contributed by atoms with Gasteiger partial charge in [-0.3, -0.25) is 0 Å². The topological polar surface area (TPSA) is 139 Å². The highest BCUT2D eigenvalue weighted by Crippen LogP contribution is 2.42. The van der Waals surface area contributed by atoms with Crippen molar-refractivity contribution in [1.82, 2.24) is 0 Å². The van der Waals surface area contributed by atoms with Crippen molar-refractivity contribution < 1.29 is 14.0 Å². The molecule has 0 aromatic heterocycles. The molecule has 0 N–H and O–H groups in total. The van der Waals surface area contributed by atoms with E-state index in [0.29, 0.717) is 34.2 Å². The van der Waals surface area contributed by atoms with Crippen molar-refractivity contribution >= 4 is 24.8 Å². The van der Waals surface area contributed by atoms with Gasteiger partial charge in [0.1, 0.15) is 17.5 Å². The average molecular weight is 533 g/mol. The maximum absolute atomic E-state index is 6.51. The highest BCUT2D eigenvalue weighted by atomic mass is 16.8. The number of hydrogen-bond donors (Lipinski definition) is 0. The minimum Gasteiger partial charge on any atom is -0.337 e. The van der Waals surface area contributed by atoms with Crippen molar-refractivity contribution in [1.29, 1.82) is 0 Å². The molecule has 3 heterocycles. The lowest BCUT2D eigenvalue weighted by Crippen LogP contribution is -2.46. The van der Waals surface area contributed by atoms with E-state index in [1.807, 2.05) is 91.0 Å². The molecule has 0 spiro atoms. The second kappa shape index (κ2) is 10.2. The highest BCUT2D eigenvalue weighted by molar-refractivity contribution is 6.37. The average Bonchev–Trinajstić information content (AvgIpc) is 3.68. The molecule has 198 valence electrons. The van der Waals surface area contributed by atoms with E-state index in [0.717, 1.165) is 0 Å². The van der Waals surface area contributed by atoms with E-state index < -0.39 is 24.9 Å². The summed E-state index contributed by atoms with van der Waals surface area (Å²) in [5, 5.41) is 25.6. The molecule has 0 fully saturated rings. The molecule has 12 nitrogen and oxygen atoms in total. The molecular weight excluding hydrogens is 509 g/mol. The Kier molecular flexibility index (Phi) is 6.54. The molecule has 40 heavy (non-hydrogen) atoms. The zero-order valence-electron chi connectivity index (χ0n) is 22.0. The smallest absolute Gasteiger partial charge is 0.337 e. The molecule has 0 amide bonds. The molecule has 0 bridgehead atoms. The van der Waals surface area contributed by atoms with Crippen LogP contribution in [0.5, 0.6) is 0 Å². The summed E-state index contributed by atoms with van der Waals surface area (Å²) in [6, 6.07) is 27.7. The first kappa shape index (κ1) is 25.7. The van der Waals surface area contributed by atoms with Gasteiger partial charge in [-0.1, -0.05) is 91.0 Å². The Morgan fingerprint density at radius 2 is 0.725 bits per heavy atom. The van der Waals surface area contributed by atoms with Crippen LogP contribution < -0.4 is 0 Å². The van der Waals surface area contributed by atoms with Crippen LogP contribution in [-0.2, 0) is 31.5 Å². The van der Waals surface area contributed by atoms with Crippen LogP contribution in [0.1, 0.15) is 37.5 Å². The van der Waals surface area contributed by atoms with Gasteiger partial charge in [0.15, 0.2) is 0 Å². The van der Waals surface area contributed by atoms with Crippen LogP contribution >= 0.6 is 0 Å². The lowest BCUT2D eigenvalue weighted by atomic mass is 10.0. The molecule has 3 unspecified atom stereocenters. The molecule has 3 aromatic carbocycles. The SMILES string of the molecule is CC1=NC(OB(OC2(c3ccccc3)N=NC(C)=N2)OC2(c3ccccc3)N=NC(C)=N2)(c2ccccc2)N=N1. The first-order chi connectivity index (χ1) is 19.4. The lowest BCUT2D eigenvalue weighted by Gasteiger charge is -2.33. The van der Waals surface area contributed by atoms with Crippen LogP contribution in [0.2, 0.25) is 0 Å². The fourth-order valence-electron chi connectivity index (χ4n) is 4.37. The van der Waals surface area contributed by atoms with Gasteiger partial charge >= 0.3 is 7.32 Å². The molecule has 0 aliphatic carbocycles. The van der Waals surface area contributed by atoms with Gasteiger partial charge in [-0.2, -0.15) is 0 Å². The lowest BCUT2D eigenvalue weighted by molar-refractivity contribution is -0.0865. The van der Waals surface area contributed by atoms with Crippen molar-refractivity contribution in [3.8, 4) is 0 Å². The number of amidine groups is 3. The van der Waals surface area contributed by atoms with Crippen molar-refractivity contribution in [2.24, 2.45) is 45.7 Å². The standard InChI is InChI=1S/C27H24BN9O3/c1-19-29-25(35-32-19,22-13-7-4-8-14-22)38-28(39-26(30-20(2)33-36-26)23-15-9-5-10-16-23)40-27(31-21(3)34-37-27)24-17-11-6-12-18-24/h4-18H,1-3H3. The fraction of sp³-hybridized carbons (Fsp3) is 0.222. The number of aliphatic imine (C=N–C) groups is 3. The zero-order chi connectivity index (χ0) is 27.6. The van der Waals surface area contributed by atoms with Gasteiger partial charge in [0.05, 0.1) is 0 Å². The van der Waals surface area contributed by atoms with Crippen molar-refractivity contribution in [3.05, 3.63) is 108 Å². The number of benzene rings is 3. The minimum absolute atomic E-state index is 0.419. The molecule has 0 radical (unpaired) electrons. The van der Waals surface area contributed by atoms with E-state index in [9.17, 15) is 0 Å². The van der Waals surface area contributed by atoms with Crippen molar-refractivity contribution in [2.75, 3.05) is 0 Å². The Labute approximate surface area is 230 Å². The Morgan fingerprint density at radius 1 is 0.450 bits per heavy atom. The highest BCUT2D eigenvalue weighted by Gasteiger charge is 2.53. The van der Waals surface area contributed by atoms with Gasteiger partial charge in [-0.05, 0) is 20.8 Å². The summed E-state index contributed by atoms with van der Waals surface area (Å²) in [5.74, 6) is -3.59. The summed E-state index contributed by atoms with van der Waals surface area (Å²) >= 11 is 0. The van der Waals surface area contributed by atoms with E-state index >= 15 is 0 Å². The predicted molar refractivity (Wildman–Crippen MR) is 147 cm³/mol.